The summed E-state index contributed by atoms with van der Waals surface area (Å²) < 4.78 is 1.38. The molecule has 0 saturated heterocycles. The van der Waals surface area contributed by atoms with Gasteiger partial charge in [-0.3, -0.25) is 0 Å². The molecular weight excluding hydrogens is 781 g/mol. The third kappa shape index (κ3) is 8.35. The monoisotopic (exact) mass is 825 g/mol. The molecule has 3 aromatic heterocycles. The third-order valence-corrected chi connectivity index (χ3v) is 13.7. The number of halogens is 1. The van der Waals surface area contributed by atoms with Gasteiger partial charge in [-0.1, -0.05) is 0 Å². The van der Waals surface area contributed by atoms with Crippen molar-refractivity contribution in [1.82, 2.24) is 15.0 Å². The number of nitrogens with zero attached hydrogens (tertiary/aromatic N) is 3. The first-order valence-corrected chi connectivity index (χ1v) is 22.8. The van der Waals surface area contributed by atoms with Crippen LogP contribution < -0.4 is 0 Å². The average Bonchev–Trinajstić information content (AvgIpc) is 3.25. The second kappa shape index (κ2) is 17.0. The van der Waals surface area contributed by atoms with Gasteiger partial charge in [0.1, 0.15) is 0 Å². The zero-order valence-electron chi connectivity index (χ0n) is 30.7. The predicted molar refractivity (Wildman–Crippen MR) is 229 cm³/mol. The minimum absolute atomic E-state index is 0.0333. The van der Waals surface area contributed by atoms with Crippen molar-refractivity contribution in [3.63, 3.8) is 0 Å². The molecule has 7 aromatic rings. The second-order valence-electron chi connectivity index (χ2n) is 13.8. The molecule has 3 heterocycles. The van der Waals surface area contributed by atoms with Crippen molar-refractivity contribution in [1.29, 1.82) is 0 Å². The number of alkyl halides is 2. The summed E-state index contributed by atoms with van der Waals surface area (Å²) in [6, 6.07) is 38.6. The van der Waals surface area contributed by atoms with Crippen molar-refractivity contribution in [2.45, 2.75) is 25.7 Å². The van der Waals surface area contributed by atoms with Gasteiger partial charge in [0.15, 0.2) is 0 Å². The topological polar surface area (TPSA) is 99.4 Å². The van der Waals surface area contributed by atoms with Crippen molar-refractivity contribution < 1.29 is 15.3 Å². The van der Waals surface area contributed by atoms with Crippen molar-refractivity contribution in [2.75, 3.05) is 22.8 Å². The van der Waals surface area contributed by atoms with E-state index < -0.39 is 19.8 Å². The van der Waals surface area contributed by atoms with Crippen molar-refractivity contribution in [3.05, 3.63) is 161 Å². The van der Waals surface area contributed by atoms with E-state index in [9.17, 15) is 15.3 Å². The van der Waals surface area contributed by atoms with Gasteiger partial charge in [0.05, 0.1) is 0 Å². The van der Waals surface area contributed by atoms with E-state index in [0.29, 0.717) is 0 Å². The molecule has 272 valence electrons. The molecule has 0 aliphatic carbocycles. The number of hydrogen-bond acceptors (Lipinski definition) is 6. The molecule has 4 aromatic carbocycles. The number of aliphatic hydroxyl groups is 3. The van der Waals surface area contributed by atoms with E-state index in [2.05, 4.69) is 111 Å². The van der Waals surface area contributed by atoms with Crippen LogP contribution >= 0.6 is 19.8 Å². The van der Waals surface area contributed by atoms with Crippen molar-refractivity contribution in [3.8, 4) is 66.8 Å². The predicted octanol–water partition coefficient (Wildman–Crippen LogP) is 10.3. The number of pyridine rings is 3. The van der Waals surface area contributed by atoms with E-state index in [1.165, 1.54) is 3.57 Å². The van der Waals surface area contributed by atoms with Crippen LogP contribution in [0.5, 0.6) is 0 Å². The number of rotatable bonds is 12. The van der Waals surface area contributed by atoms with E-state index >= 15 is 0 Å². The fraction of sp³-hybridized carbons (Fsp3) is 0.170. The van der Waals surface area contributed by atoms with E-state index in [4.69, 9.17) is 0 Å². The molecule has 6 nitrogen and oxygen atoms in total. The summed E-state index contributed by atoms with van der Waals surface area (Å²) in [7, 11) is 0. The molecule has 7 heteroatoms. The van der Waals surface area contributed by atoms with Gasteiger partial charge in [0.25, 0.3) is 0 Å². The third-order valence-electron chi connectivity index (χ3n) is 9.96. The Morgan fingerprint density at radius 3 is 1.04 bits per heavy atom. The molecule has 54 heavy (non-hydrogen) atoms. The number of aromatic nitrogens is 3. The molecule has 2 atom stereocenters. The van der Waals surface area contributed by atoms with Crippen LogP contribution in [0.25, 0.3) is 66.8 Å². The Kier molecular flexibility index (Phi) is 11.7. The molecule has 3 N–H and O–H groups in total. The van der Waals surface area contributed by atoms with Crippen LogP contribution in [0.15, 0.2) is 146 Å². The Labute approximate surface area is 324 Å². The quantitative estimate of drug-likeness (QED) is 0.0838. The van der Waals surface area contributed by atoms with E-state index in [0.717, 1.165) is 77.9 Å². The molecule has 0 amide bonds. The Morgan fingerprint density at radius 2 is 0.741 bits per heavy atom. The Hall–Kier alpha value is -5.06. The summed E-state index contributed by atoms with van der Waals surface area (Å²) in [6.45, 7) is 4.15. The van der Waals surface area contributed by atoms with E-state index in [1.807, 2.05) is 50.6 Å². The number of hydrogen-bond donors (Lipinski definition) is 3. The van der Waals surface area contributed by atoms with Gasteiger partial charge in [-0.05, 0) is 0 Å². The summed E-state index contributed by atoms with van der Waals surface area (Å²) in [5, 5.41) is 30.9. The molecular formula is C47H44IN3O3. The molecule has 0 spiro atoms. The van der Waals surface area contributed by atoms with Gasteiger partial charge in [-0.25, -0.2) is 0 Å². The summed E-state index contributed by atoms with van der Waals surface area (Å²) in [4.78, 5) is 15.4. The summed E-state index contributed by atoms with van der Waals surface area (Å²) >= 11 is -1.84. The van der Waals surface area contributed by atoms with Gasteiger partial charge in [0.2, 0.25) is 0 Å². The Bertz CT molecular complexity index is 2080. The van der Waals surface area contributed by atoms with Crippen LogP contribution in [0.4, 0.5) is 0 Å². The summed E-state index contributed by atoms with van der Waals surface area (Å²) in [5.41, 5.74) is 14.5. The van der Waals surface area contributed by atoms with E-state index in [-0.39, 0.29) is 29.7 Å². The van der Waals surface area contributed by atoms with Crippen LogP contribution in [-0.4, -0.2) is 53.0 Å². The molecule has 0 aliphatic heterocycles. The number of aliphatic hydroxyl groups excluding tert-OH is 3. The standard InChI is InChI=1S/C47H44IN3O3/c1-31(28-52)36-13-38(33-7-4-10-49-25-33)17-40(15-36)42-19-43(41-16-37(32(2)29-53)14-39(18-41)34-8-5-11-50-26-34)21-44(20-42)46-22-45(35-9-6-12-51-27-35)23-47(24-46)48(3)30-54/h4-27,31-32,52-54H,28-30H2,1-3H3. The molecule has 0 fully saturated rings. The van der Waals surface area contributed by atoms with Gasteiger partial charge < -0.3 is 0 Å². The summed E-state index contributed by atoms with van der Waals surface area (Å²) in [6.07, 6.45) is 11.0. The first kappa shape index (κ1) is 37.3. The normalized spacial score (nSPS) is 12.7. The zero-order valence-corrected chi connectivity index (χ0v) is 32.9. The first-order chi connectivity index (χ1) is 26.3. The van der Waals surface area contributed by atoms with E-state index in [1.54, 1.807) is 18.6 Å². The molecule has 0 aliphatic rings. The average molecular weight is 826 g/mol. The number of benzene rings is 4. The fourth-order valence-electron chi connectivity index (χ4n) is 6.66. The molecule has 0 bridgehead atoms. The molecule has 0 saturated carbocycles. The SMILES string of the molecule is CC(CO)c1cc(-c2cccnc2)cc(-c2cc(-c3cc(-c4cccnc4)cc(C(C)CO)c3)cc(-c3cc(-c4cccnc4)cc(I(C)CO)c3)c2)c1. The maximum atomic E-state index is 10.3. The zero-order chi connectivity index (χ0) is 37.6. The van der Waals surface area contributed by atoms with Gasteiger partial charge in [-0.2, -0.15) is 0 Å². The first-order valence-electron chi connectivity index (χ1n) is 18.0. The molecule has 7 rings (SSSR count). The van der Waals surface area contributed by atoms with Crippen LogP contribution in [0.3, 0.4) is 0 Å². The molecule has 0 radical (unpaired) electrons. The van der Waals surface area contributed by atoms with Crippen molar-refractivity contribution >= 4 is 19.8 Å². The van der Waals surface area contributed by atoms with Crippen molar-refractivity contribution in [2.24, 2.45) is 0 Å². The molecule has 2 unspecified atom stereocenters. The maximum absolute atomic E-state index is 10.3. The minimum atomic E-state index is -1.84. The van der Waals surface area contributed by atoms with Gasteiger partial charge >= 0.3 is 314 Å². The Balaban J connectivity index is 1.50. The van der Waals surface area contributed by atoms with Gasteiger partial charge in [-0.15, -0.1) is 0 Å². The van der Waals surface area contributed by atoms with Gasteiger partial charge in [0, 0.05) is 12.4 Å². The van der Waals surface area contributed by atoms with Crippen LogP contribution in [0.1, 0.15) is 36.8 Å². The second-order valence-corrected chi connectivity index (χ2v) is 19.1. The summed E-state index contributed by atoms with van der Waals surface area (Å²) in [5.74, 6) is -0.128. The van der Waals surface area contributed by atoms with Crippen LogP contribution in [0, 0.1) is 3.57 Å². The van der Waals surface area contributed by atoms with Crippen LogP contribution in [-0.2, 0) is 0 Å². The Morgan fingerprint density at radius 1 is 0.444 bits per heavy atom. The fourth-order valence-corrected chi connectivity index (χ4v) is 8.78. The van der Waals surface area contributed by atoms with Crippen LogP contribution in [0.2, 0.25) is 0 Å².